The molecule has 0 aliphatic carbocycles. The lowest BCUT2D eigenvalue weighted by Crippen LogP contribution is -2.52. The molecule has 0 unspecified atom stereocenters. The highest BCUT2D eigenvalue weighted by Crippen LogP contribution is 2.26. The van der Waals surface area contributed by atoms with Crippen LogP contribution < -0.4 is 16.0 Å². The fraction of sp³-hybridized carbons (Fsp3) is 0.471. The zero-order chi connectivity index (χ0) is 17.7. The number of carbonyl (C=O) groups is 2. The van der Waals surface area contributed by atoms with Crippen molar-refractivity contribution in [3.8, 4) is 0 Å². The molecule has 0 spiro atoms. The summed E-state index contributed by atoms with van der Waals surface area (Å²) in [6, 6.07) is 7.85. The number of anilines is 1. The molecule has 1 aromatic rings. The summed E-state index contributed by atoms with van der Waals surface area (Å²) in [4.78, 5) is 30.4. The molecule has 2 amide bonds. The van der Waals surface area contributed by atoms with E-state index in [1.807, 2.05) is 24.3 Å². The third-order valence-corrected chi connectivity index (χ3v) is 3.89. The molecular formula is C17H24N4O3. The van der Waals surface area contributed by atoms with Gasteiger partial charge in [0.25, 0.3) is 5.91 Å². The minimum atomic E-state index is -0.841. The van der Waals surface area contributed by atoms with Crippen molar-refractivity contribution >= 4 is 23.3 Å². The largest absolute Gasteiger partial charge is 0.384 e. The number of amidine groups is 1. The standard InChI is InChI=1S/C17H24N4O3/c1-12(22)19-17(2,3)16(18)20-24-11-15(23)21-10-6-8-13-7-4-5-9-14(13)21/h4-5,7,9H,6,8,10-11H2,1-3H3,(H2,18,20)(H,19,22). The highest BCUT2D eigenvalue weighted by molar-refractivity contribution is 5.96. The van der Waals surface area contributed by atoms with Crippen molar-refractivity contribution in [2.45, 2.75) is 39.2 Å². The Kier molecular flexibility index (Phi) is 5.43. The van der Waals surface area contributed by atoms with Gasteiger partial charge >= 0.3 is 0 Å². The van der Waals surface area contributed by atoms with Gasteiger partial charge in [-0.1, -0.05) is 23.4 Å². The van der Waals surface area contributed by atoms with Gasteiger partial charge in [-0.15, -0.1) is 0 Å². The molecule has 0 bridgehead atoms. The van der Waals surface area contributed by atoms with Gasteiger partial charge in [0.05, 0.1) is 5.54 Å². The summed E-state index contributed by atoms with van der Waals surface area (Å²) >= 11 is 0. The highest BCUT2D eigenvalue weighted by Gasteiger charge is 2.25. The van der Waals surface area contributed by atoms with E-state index in [0.717, 1.165) is 24.1 Å². The molecule has 1 heterocycles. The number of fused-ring (bicyclic) bond motifs is 1. The van der Waals surface area contributed by atoms with Gasteiger partial charge in [-0.2, -0.15) is 0 Å². The van der Waals surface area contributed by atoms with Crippen molar-refractivity contribution in [1.29, 1.82) is 0 Å². The summed E-state index contributed by atoms with van der Waals surface area (Å²) in [5, 5.41) is 6.44. The number of nitrogens with one attached hydrogen (secondary N) is 1. The second-order valence-electron chi connectivity index (χ2n) is 6.33. The van der Waals surface area contributed by atoms with Crippen LogP contribution in [0.4, 0.5) is 5.69 Å². The SMILES string of the molecule is CC(=O)NC(C)(C)/C(N)=N\OCC(=O)N1CCCc2ccccc21. The number of nitrogens with two attached hydrogens (primary N) is 1. The van der Waals surface area contributed by atoms with Crippen LogP contribution in [0.15, 0.2) is 29.4 Å². The fourth-order valence-corrected chi connectivity index (χ4v) is 2.65. The van der Waals surface area contributed by atoms with E-state index in [2.05, 4.69) is 10.5 Å². The number of benzene rings is 1. The lowest BCUT2D eigenvalue weighted by molar-refractivity contribution is -0.123. The van der Waals surface area contributed by atoms with Crippen molar-refractivity contribution in [3.05, 3.63) is 29.8 Å². The number of aryl methyl sites for hydroxylation is 1. The van der Waals surface area contributed by atoms with Crippen LogP contribution in [0.5, 0.6) is 0 Å². The zero-order valence-corrected chi connectivity index (χ0v) is 14.3. The number of nitrogens with zero attached hydrogens (tertiary/aromatic N) is 2. The lowest BCUT2D eigenvalue weighted by atomic mass is 10.0. The highest BCUT2D eigenvalue weighted by atomic mass is 16.6. The van der Waals surface area contributed by atoms with Crippen molar-refractivity contribution in [2.75, 3.05) is 18.1 Å². The van der Waals surface area contributed by atoms with Gasteiger partial charge in [-0.05, 0) is 38.3 Å². The molecule has 7 nitrogen and oxygen atoms in total. The predicted molar refractivity (Wildman–Crippen MR) is 92.6 cm³/mol. The van der Waals surface area contributed by atoms with Gasteiger partial charge in [0.2, 0.25) is 5.91 Å². The number of oxime groups is 1. The average Bonchev–Trinajstić information content (AvgIpc) is 2.52. The van der Waals surface area contributed by atoms with Crippen molar-refractivity contribution < 1.29 is 14.4 Å². The Labute approximate surface area is 141 Å². The van der Waals surface area contributed by atoms with E-state index in [1.165, 1.54) is 6.92 Å². The number of para-hydroxylation sites is 1. The van der Waals surface area contributed by atoms with Gasteiger partial charge in [0.1, 0.15) is 0 Å². The Bertz CT molecular complexity index is 655. The van der Waals surface area contributed by atoms with Crippen LogP contribution in [0.25, 0.3) is 0 Å². The topological polar surface area (TPSA) is 97.0 Å². The quantitative estimate of drug-likeness (QED) is 0.480. The first-order chi connectivity index (χ1) is 11.3. The summed E-state index contributed by atoms with van der Waals surface area (Å²) in [7, 11) is 0. The number of hydrogen-bond donors (Lipinski definition) is 2. The summed E-state index contributed by atoms with van der Waals surface area (Å²) < 4.78 is 0. The number of amides is 2. The normalized spacial score (nSPS) is 14.8. The Balaban J connectivity index is 1.97. The molecule has 0 atom stereocenters. The minimum Gasteiger partial charge on any atom is -0.384 e. The fourth-order valence-electron chi connectivity index (χ4n) is 2.65. The summed E-state index contributed by atoms with van der Waals surface area (Å²) in [5.74, 6) is -0.292. The van der Waals surface area contributed by atoms with Gasteiger partial charge in [0, 0.05) is 19.2 Å². The van der Waals surface area contributed by atoms with E-state index >= 15 is 0 Å². The lowest BCUT2D eigenvalue weighted by Gasteiger charge is -2.29. The molecular weight excluding hydrogens is 308 g/mol. The van der Waals surface area contributed by atoms with E-state index in [0.29, 0.717) is 6.54 Å². The van der Waals surface area contributed by atoms with E-state index in [4.69, 9.17) is 10.6 Å². The van der Waals surface area contributed by atoms with Crippen molar-refractivity contribution in [3.63, 3.8) is 0 Å². The molecule has 24 heavy (non-hydrogen) atoms. The third-order valence-electron chi connectivity index (χ3n) is 3.89. The molecule has 0 radical (unpaired) electrons. The first-order valence-electron chi connectivity index (χ1n) is 7.94. The molecule has 1 aromatic carbocycles. The predicted octanol–water partition coefficient (Wildman–Crippen LogP) is 1.17. The van der Waals surface area contributed by atoms with Crippen LogP contribution in [-0.4, -0.2) is 36.3 Å². The van der Waals surface area contributed by atoms with E-state index < -0.39 is 5.54 Å². The average molecular weight is 332 g/mol. The number of hydrogen-bond acceptors (Lipinski definition) is 4. The first kappa shape index (κ1) is 17.8. The van der Waals surface area contributed by atoms with Crippen molar-refractivity contribution in [2.24, 2.45) is 10.9 Å². The van der Waals surface area contributed by atoms with E-state index in [9.17, 15) is 9.59 Å². The van der Waals surface area contributed by atoms with Crippen LogP contribution in [0, 0.1) is 0 Å². The summed E-state index contributed by atoms with van der Waals surface area (Å²) in [6.45, 7) is 5.27. The molecule has 0 saturated heterocycles. The van der Waals surface area contributed by atoms with Crippen LogP contribution in [0.3, 0.4) is 0 Å². The minimum absolute atomic E-state index is 0.101. The van der Waals surface area contributed by atoms with Crippen LogP contribution >= 0.6 is 0 Å². The Hall–Kier alpha value is -2.57. The molecule has 0 fully saturated rings. The maximum absolute atomic E-state index is 12.4. The smallest absolute Gasteiger partial charge is 0.267 e. The Morgan fingerprint density at radius 2 is 2.08 bits per heavy atom. The maximum Gasteiger partial charge on any atom is 0.267 e. The van der Waals surface area contributed by atoms with E-state index in [-0.39, 0.29) is 24.3 Å². The van der Waals surface area contributed by atoms with Crippen molar-refractivity contribution in [1.82, 2.24) is 5.32 Å². The third kappa shape index (κ3) is 4.24. The van der Waals surface area contributed by atoms with Crippen LogP contribution in [0.1, 0.15) is 32.8 Å². The monoisotopic (exact) mass is 332 g/mol. The first-order valence-corrected chi connectivity index (χ1v) is 7.94. The van der Waals surface area contributed by atoms with Crippen LogP contribution in [-0.2, 0) is 20.8 Å². The molecule has 0 aromatic heterocycles. The van der Waals surface area contributed by atoms with Gasteiger partial charge in [-0.3, -0.25) is 9.59 Å². The molecule has 1 aliphatic heterocycles. The summed E-state index contributed by atoms with van der Waals surface area (Å²) in [5.41, 5.74) is 7.07. The second-order valence-corrected chi connectivity index (χ2v) is 6.33. The Morgan fingerprint density at radius 1 is 1.38 bits per heavy atom. The second kappa shape index (κ2) is 7.33. The number of rotatable bonds is 5. The molecule has 2 rings (SSSR count). The molecule has 130 valence electrons. The summed E-state index contributed by atoms with van der Waals surface area (Å²) in [6.07, 6.45) is 1.89. The van der Waals surface area contributed by atoms with Gasteiger partial charge in [0.15, 0.2) is 12.4 Å². The van der Waals surface area contributed by atoms with Gasteiger partial charge < -0.3 is 20.8 Å². The zero-order valence-electron chi connectivity index (χ0n) is 14.3. The molecule has 1 aliphatic rings. The maximum atomic E-state index is 12.4. The Morgan fingerprint density at radius 3 is 2.79 bits per heavy atom. The molecule has 3 N–H and O–H groups in total. The molecule has 7 heteroatoms. The van der Waals surface area contributed by atoms with E-state index in [1.54, 1.807) is 18.7 Å². The number of carbonyl (C=O) groups excluding carboxylic acids is 2. The van der Waals surface area contributed by atoms with Crippen LogP contribution in [0.2, 0.25) is 0 Å². The molecule has 0 saturated carbocycles. The van der Waals surface area contributed by atoms with Gasteiger partial charge in [-0.25, -0.2) is 0 Å².